The number of benzene rings is 1. The molecule has 0 amide bonds. The third-order valence-corrected chi connectivity index (χ3v) is 4.46. The van der Waals surface area contributed by atoms with Crippen LogP contribution >= 0.6 is 0 Å². The van der Waals surface area contributed by atoms with Gasteiger partial charge in [0.2, 0.25) is 0 Å². The smallest absolute Gasteiger partial charge is 0.123 e. The summed E-state index contributed by atoms with van der Waals surface area (Å²) in [6, 6.07) is 12.9. The summed E-state index contributed by atoms with van der Waals surface area (Å²) in [7, 11) is 0. The molecule has 0 saturated carbocycles. The van der Waals surface area contributed by atoms with Crippen LogP contribution < -0.4 is 5.73 Å². The van der Waals surface area contributed by atoms with Gasteiger partial charge in [0.25, 0.3) is 0 Å². The molecule has 0 atom stereocenters. The standard InChI is InChI=1S/C19H26N4/c1-16-3-5-17(6-4-16)14-22-9-2-10-23(12-11-22)15-18-7-8-19(20)21-13-18/h3-8,13H,2,9-12,14-15H2,1H3,(H2,20,21). The minimum Gasteiger partial charge on any atom is -0.384 e. The molecule has 122 valence electrons. The molecule has 4 heteroatoms. The summed E-state index contributed by atoms with van der Waals surface area (Å²) in [5.41, 5.74) is 9.63. The van der Waals surface area contributed by atoms with Gasteiger partial charge in [-0.1, -0.05) is 35.9 Å². The Morgan fingerprint density at radius 1 is 0.870 bits per heavy atom. The molecule has 1 fully saturated rings. The predicted molar refractivity (Wildman–Crippen MR) is 95.0 cm³/mol. The Hall–Kier alpha value is -1.91. The van der Waals surface area contributed by atoms with Crippen LogP contribution in [0, 0.1) is 6.92 Å². The van der Waals surface area contributed by atoms with E-state index in [0.717, 1.165) is 32.7 Å². The fourth-order valence-electron chi connectivity index (χ4n) is 3.08. The van der Waals surface area contributed by atoms with E-state index in [1.54, 1.807) is 0 Å². The first kappa shape index (κ1) is 16.0. The molecule has 2 N–H and O–H groups in total. The Balaban J connectivity index is 1.52. The van der Waals surface area contributed by atoms with Crippen molar-refractivity contribution in [2.75, 3.05) is 31.9 Å². The summed E-state index contributed by atoms with van der Waals surface area (Å²) >= 11 is 0. The average Bonchev–Trinajstić information content (AvgIpc) is 2.77. The normalized spacial score (nSPS) is 17.1. The zero-order valence-corrected chi connectivity index (χ0v) is 13.9. The highest BCUT2D eigenvalue weighted by Crippen LogP contribution is 2.12. The summed E-state index contributed by atoms with van der Waals surface area (Å²) in [6.45, 7) is 8.70. The van der Waals surface area contributed by atoms with Crippen LogP contribution in [0.15, 0.2) is 42.6 Å². The molecule has 1 aliphatic heterocycles. The Kier molecular flexibility index (Phi) is 5.26. The number of rotatable bonds is 4. The number of anilines is 1. The summed E-state index contributed by atoms with van der Waals surface area (Å²) < 4.78 is 0. The summed E-state index contributed by atoms with van der Waals surface area (Å²) in [5, 5.41) is 0. The number of nitrogens with two attached hydrogens (primary N) is 1. The van der Waals surface area contributed by atoms with Gasteiger partial charge in [0.05, 0.1) is 0 Å². The minimum absolute atomic E-state index is 0.592. The van der Waals surface area contributed by atoms with Crippen LogP contribution in [-0.4, -0.2) is 41.0 Å². The maximum atomic E-state index is 5.65. The van der Waals surface area contributed by atoms with E-state index in [4.69, 9.17) is 5.73 Å². The van der Waals surface area contributed by atoms with Gasteiger partial charge in [-0.3, -0.25) is 9.80 Å². The SMILES string of the molecule is Cc1ccc(CN2CCCN(Cc3ccc(N)nc3)CC2)cc1. The highest BCUT2D eigenvalue weighted by molar-refractivity contribution is 5.29. The number of nitrogens with zero attached hydrogens (tertiary/aromatic N) is 3. The van der Waals surface area contributed by atoms with Crippen LogP contribution in [0.25, 0.3) is 0 Å². The van der Waals surface area contributed by atoms with E-state index < -0.39 is 0 Å². The van der Waals surface area contributed by atoms with E-state index >= 15 is 0 Å². The number of aromatic nitrogens is 1. The van der Waals surface area contributed by atoms with Gasteiger partial charge in [-0.25, -0.2) is 4.98 Å². The van der Waals surface area contributed by atoms with Gasteiger partial charge < -0.3 is 5.73 Å². The van der Waals surface area contributed by atoms with E-state index in [1.807, 2.05) is 12.3 Å². The highest BCUT2D eigenvalue weighted by Gasteiger charge is 2.15. The van der Waals surface area contributed by atoms with Crippen LogP contribution in [0.5, 0.6) is 0 Å². The van der Waals surface area contributed by atoms with Crippen molar-refractivity contribution in [3.05, 3.63) is 59.3 Å². The molecule has 0 spiro atoms. The van der Waals surface area contributed by atoms with Gasteiger partial charge in [0, 0.05) is 32.4 Å². The number of hydrogen-bond acceptors (Lipinski definition) is 4. The van der Waals surface area contributed by atoms with E-state index in [0.29, 0.717) is 5.82 Å². The molecule has 0 bridgehead atoms. The first-order valence-corrected chi connectivity index (χ1v) is 8.40. The van der Waals surface area contributed by atoms with Gasteiger partial charge in [0.15, 0.2) is 0 Å². The summed E-state index contributed by atoms with van der Waals surface area (Å²) in [4.78, 5) is 9.26. The number of nitrogen functional groups attached to an aromatic ring is 1. The van der Waals surface area contributed by atoms with Crippen molar-refractivity contribution in [3.8, 4) is 0 Å². The molecule has 4 nitrogen and oxygen atoms in total. The molecular weight excluding hydrogens is 284 g/mol. The summed E-state index contributed by atoms with van der Waals surface area (Å²) in [5.74, 6) is 0.592. The maximum absolute atomic E-state index is 5.65. The topological polar surface area (TPSA) is 45.4 Å². The first-order chi connectivity index (χ1) is 11.2. The van der Waals surface area contributed by atoms with Crippen molar-refractivity contribution in [1.29, 1.82) is 0 Å². The Morgan fingerprint density at radius 2 is 1.48 bits per heavy atom. The quantitative estimate of drug-likeness (QED) is 0.943. The first-order valence-electron chi connectivity index (χ1n) is 8.40. The molecule has 23 heavy (non-hydrogen) atoms. The van der Waals surface area contributed by atoms with Crippen molar-refractivity contribution in [2.45, 2.75) is 26.4 Å². The van der Waals surface area contributed by atoms with Gasteiger partial charge in [-0.2, -0.15) is 0 Å². The number of aryl methyl sites for hydroxylation is 1. The predicted octanol–water partition coefficient (Wildman–Crippen LogP) is 2.68. The minimum atomic E-state index is 0.592. The van der Waals surface area contributed by atoms with E-state index in [1.165, 1.54) is 29.7 Å². The van der Waals surface area contributed by atoms with Gasteiger partial charge in [0.1, 0.15) is 5.82 Å². The zero-order valence-electron chi connectivity index (χ0n) is 13.9. The summed E-state index contributed by atoms with van der Waals surface area (Å²) in [6.07, 6.45) is 3.11. The van der Waals surface area contributed by atoms with Crippen LogP contribution in [0.1, 0.15) is 23.1 Å². The lowest BCUT2D eigenvalue weighted by molar-refractivity contribution is 0.247. The van der Waals surface area contributed by atoms with Gasteiger partial charge in [-0.15, -0.1) is 0 Å². The number of pyridine rings is 1. The van der Waals surface area contributed by atoms with Gasteiger partial charge in [-0.05, 0) is 43.6 Å². The Bertz CT molecular complexity index is 551. The molecule has 1 aromatic heterocycles. The zero-order chi connectivity index (χ0) is 16.1. The molecule has 1 aliphatic rings. The lowest BCUT2D eigenvalue weighted by Crippen LogP contribution is -2.30. The maximum Gasteiger partial charge on any atom is 0.123 e. The third-order valence-electron chi connectivity index (χ3n) is 4.46. The van der Waals surface area contributed by atoms with Crippen molar-refractivity contribution in [1.82, 2.24) is 14.8 Å². The molecule has 0 aliphatic carbocycles. The van der Waals surface area contributed by atoms with E-state index in [9.17, 15) is 0 Å². The lowest BCUT2D eigenvalue weighted by atomic mass is 10.1. The monoisotopic (exact) mass is 310 g/mol. The Labute approximate surface area is 138 Å². The van der Waals surface area contributed by atoms with Gasteiger partial charge >= 0.3 is 0 Å². The molecule has 2 aromatic rings. The Morgan fingerprint density at radius 3 is 2.09 bits per heavy atom. The molecule has 2 heterocycles. The second-order valence-corrected chi connectivity index (χ2v) is 6.48. The van der Waals surface area contributed by atoms with Crippen LogP contribution in [-0.2, 0) is 13.1 Å². The number of hydrogen-bond donors (Lipinski definition) is 1. The lowest BCUT2D eigenvalue weighted by Gasteiger charge is -2.22. The molecule has 1 saturated heterocycles. The van der Waals surface area contributed by atoms with Crippen molar-refractivity contribution < 1.29 is 0 Å². The van der Waals surface area contributed by atoms with Crippen LogP contribution in [0.2, 0.25) is 0 Å². The molecule has 0 radical (unpaired) electrons. The highest BCUT2D eigenvalue weighted by atomic mass is 15.2. The van der Waals surface area contributed by atoms with Crippen LogP contribution in [0.3, 0.4) is 0 Å². The van der Waals surface area contributed by atoms with Crippen molar-refractivity contribution in [3.63, 3.8) is 0 Å². The molecule has 3 rings (SSSR count). The molecular formula is C19H26N4. The third kappa shape index (κ3) is 4.78. The second kappa shape index (κ2) is 7.57. The average molecular weight is 310 g/mol. The van der Waals surface area contributed by atoms with Crippen molar-refractivity contribution >= 4 is 5.82 Å². The largest absolute Gasteiger partial charge is 0.384 e. The fourth-order valence-corrected chi connectivity index (χ4v) is 3.08. The molecule has 1 aromatic carbocycles. The van der Waals surface area contributed by atoms with E-state index in [-0.39, 0.29) is 0 Å². The fraction of sp³-hybridized carbons (Fsp3) is 0.421. The second-order valence-electron chi connectivity index (χ2n) is 6.48. The van der Waals surface area contributed by atoms with E-state index in [2.05, 4.69) is 52.0 Å². The van der Waals surface area contributed by atoms with Crippen LogP contribution in [0.4, 0.5) is 5.82 Å². The molecule has 0 unspecified atom stereocenters. The van der Waals surface area contributed by atoms with Crippen molar-refractivity contribution in [2.24, 2.45) is 0 Å².